The lowest BCUT2D eigenvalue weighted by molar-refractivity contribution is -0.115. The molecule has 0 spiro atoms. The molecule has 0 saturated heterocycles. The van der Waals surface area contributed by atoms with Crippen molar-refractivity contribution < 1.29 is 14.3 Å². The van der Waals surface area contributed by atoms with E-state index in [9.17, 15) is 4.79 Å². The predicted octanol–water partition coefficient (Wildman–Crippen LogP) is 1.14. The monoisotopic (exact) mass is 382 g/mol. The van der Waals surface area contributed by atoms with Gasteiger partial charge in [0.2, 0.25) is 5.91 Å². The second-order valence-corrected chi connectivity index (χ2v) is 5.83. The molecule has 1 aromatic carbocycles. The van der Waals surface area contributed by atoms with Crippen molar-refractivity contribution in [3.8, 4) is 11.4 Å². The van der Waals surface area contributed by atoms with Crippen molar-refractivity contribution in [2.24, 2.45) is 0 Å². The van der Waals surface area contributed by atoms with Gasteiger partial charge in [-0.1, -0.05) is 0 Å². The number of hydrogen-bond acceptors (Lipinski definition) is 7. The third-order valence-electron chi connectivity index (χ3n) is 3.90. The highest BCUT2D eigenvalue weighted by Crippen LogP contribution is 2.40. The van der Waals surface area contributed by atoms with Crippen molar-refractivity contribution in [2.75, 3.05) is 39.2 Å². The summed E-state index contributed by atoms with van der Waals surface area (Å²) in [6, 6.07) is 5.40. The number of carbonyl (C=O) groups excluding carboxylic acids is 1. The van der Waals surface area contributed by atoms with Crippen molar-refractivity contribution in [3.63, 3.8) is 0 Å². The summed E-state index contributed by atoms with van der Waals surface area (Å²) in [6.07, 6.45) is 2.18. The van der Waals surface area contributed by atoms with Crippen LogP contribution in [0.15, 0.2) is 18.2 Å². The van der Waals surface area contributed by atoms with Gasteiger partial charge in [-0.05, 0) is 41.5 Å². The van der Waals surface area contributed by atoms with Gasteiger partial charge in [0.25, 0.3) is 0 Å². The Hall–Kier alpha value is -2.23. The van der Waals surface area contributed by atoms with E-state index in [0.717, 1.165) is 18.7 Å². The number of aromatic nitrogens is 4. The molecule has 0 unspecified atom stereocenters. The third-order valence-corrected chi connectivity index (χ3v) is 3.90. The van der Waals surface area contributed by atoms with Crippen molar-refractivity contribution >= 4 is 24.0 Å². The highest BCUT2D eigenvalue weighted by atomic mass is 35.5. The van der Waals surface area contributed by atoms with Crippen molar-refractivity contribution in [3.05, 3.63) is 24.0 Å². The summed E-state index contributed by atoms with van der Waals surface area (Å²) >= 11 is 0. The lowest BCUT2D eigenvalue weighted by Gasteiger charge is -2.12. The number of nitrogens with zero attached hydrogens (tertiary/aromatic N) is 4. The summed E-state index contributed by atoms with van der Waals surface area (Å²) in [7, 11) is 3.22. The van der Waals surface area contributed by atoms with Gasteiger partial charge < -0.3 is 20.1 Å². The molecule has 2 aromatic rings. The van der Waals surface area contributed by atoms with E-state index in [-0.39, 0.29) is 24.9 Å². The van der Waals surface area contributed by atoms with Crippen LogP contribution < -0.4 is 15.4 Å². The minimum absolute atomic E-state index is 0. The predicted molar refractivity (Wildman–Crippen MR) is 98.3 cm³/mol. The molecule has 9 nitrogen and oxygen atoms in total. The molecule has 1 amide bonds. The van der Waals surface area contributed by atoms with Gasteiger partial charge in [0.05, 0.1) is 20.3 Å². The molecule has 1 fully saturated rings. The first-order valence-corrected chi connectivity index (χ1v) is 8.19. The zero-order chi connectivity index (χ0) is 17.6. The van der Waals surface area contributed by atoms with Crippen LogP contribution in [0, 0.1) is 0 Å². The number of nitrogens with one attached hydrogen (secondary N) is 2. The van der Waals surface area contributed by atoms with Gasteiger partial charge in [0, 0.05) is 25.3 Å². The molecule has 3 rings (SSSR count). The lowest BCUT2D eigenvalue weighted by Crippen LogP contribution is -2.30. The zero-order valence-electron chi connectivity index (χ0n) is 14.8. The maximum Gasteiger partial charge on any atom is 0.238 e. The van der Waals surface area contributed by atoms with Crippen LogP contribution in [0.2, 0.25) is 0 Å². The van der Waals surface area contributed by atoms with Gasteiger partial charge >= 0.3 is 0 Å². The zero-order valence-corrected chi connectivity index (χ0v) is 15.6. The molecule has 1 aliphatic carbocycles. The molecular formula is C16H23ClN6O3. The highest BCUT2D eigenvalue weighted by Gasteiger charge is 2.30. The number of amides is 1. The van der Waals surface area contributed by atoms with Crippen molar-refractivity contribution in [1.29, 1.82) is 0 Å². The maximum atomic E-state index is 12.0. The van der Waals surface area contributed by atoms with Crippen LogP contribution in [0.1, 0.15) is 24.6 Å². The molecule has 0 bridgehead atoms. The van der Waals surface area contributed by atoms with E-state index in [1.165, 1.54) is 0 Å². The van der Waals surface area contributed by atoms with Crippen LogP contribution in [-0.4, -0.2) is 60.0 Å². The molecule has 1 aliphatic rings. The Balaban J connectivity index is 0.00000243. The van der Waals surface area contributed by atoms with Gasteiger partial charge in [-0.2, -0.15) is 4.68 Å². The SMILES string of the molecule is COCCNCC(=O)Nc1ccc(OC)c(-n2nnnc2C2CC2)c1.Cl. The van der Waals surface area contributed by atoms with Gasteiger partial charge in [-0.15, -0.1) is 17.5 Å². The maximum absolute atomic E-state index is 12.0. The van der Waals surface area contributed by atoms with Crippen LogP contribution in [0.3, 0.4) is 0 Å². The second-order valence-electron chi connectivity index (χ2n) is 5.83. The standard InChI is InChI=1S/C16H22N6O3.ClH/c1-24-8-7-17-10-15(23)18-12-5-6-14(25-2)13(9-12)22-16(11-3-4-11)19-20-21-22;/h5-6,9,11,17H,3-4,7-8,10H2,1-2H3,(H,18,23);1H. The molecule has 26 heavy (non-hydrogen) atoms. The van der Waals surface area contributed by atoms with Gasteiger partial charge in [-0.3, -0.25) is 4.79 Å². The Morgan fingerprint density at radius 2 is 2.15 bits per heavy atom. The van der Waals surface area contributed by atoms with E-state index >= 15 is 0 Å². The topological polar surface area (TPSA) is 103 Å². The lowest BCUT2D eigenvalue weighted by atomic mass is 10.2. The smallest absolute Gasteiger partial charge is 0.238 e. The Morgan fingerprint density at radius 1 is 1.35 bits per heavy atom. The number of rotatable bonds is 9. The molecule has 1 aromatic heterocycles. The first-order chi connectivity index (χ1) is 12.2. The molecule has 10 heteroatoms. The molecule has 0 atom stereocenters. The van der Waals surface area contributed by atoms with Gasteiger partial charge in [0.1, 0.15) is 11.4 Å². The van der Waals surface area contributed by atoms with Crippen LogP contribution in [-0.2, 0) is 9.53 Å². The van der Waals surface area contributed by atoms with Crippen LogP contribution >= 0.6 is 12.4 Å². The fraction of sp³-hybridized carbons (Fsp3) is 0.500. The number of benzene rings is 1. The Bertz CT molecular complexity index is 735. The first-order valence-electron chi connectivity index (χ1n) is 8.19. The third kappa shape index (κ3) is 4.90. The highest BCUT2D eigenvalue weighted by molar-refractivity contribution is 5.92. The average Bonchev–Trinajstić information content (AvgIpc) is 3.35. The minimum atomic E-state index is -0.133. The van der Waals surface area contributed by atoms with Crippen LogP contribution in [0.5, 0.6) is 5.75 Å². The minimum Gasteiger partial charge on any atom is -0.494 e. The normalized spacial score (nSPS) is 13.2. The molecule has 0 aliphatic heterocycles. The van der Waals surface area contributed by atoms with Crippen LogP contribution in [0.25, 0.3) is 5.69 Å². The van der Waals surface area contributed by atoms with Crippen molar-refractivity contribution in [1.82, 2.24) is 25.5 Å². The number of hydrogen-bond donors (Lipinski definition) is 2. The summed E-state index contributed by atoms with van der Waals surface area (Å²) in [5.74, 6) is 1.72. The Morgan fingerprint density at radius 3 is 2.85 bits per heavy atom. The number of tetrazole rings is 1. The largest absolute Gasteiger partial charge is 0.494 e. The fourth-order valence-electron chi connectivity index (χ4n) is 2.48. The van der Waals surface area contributed by atoms with Crippen LogP contribution in [0.4, 0.5) is 5.69 Å². The summed E-state index contributed by atoms with van der Waals surface area (Å²) in [5.41, 5.74) is 1.37. The summed E-state index contributed by atoms with van der Waals surface area (Å²) < 4.78 is 12.0. The summed E-state index contributed by atoms with van der Waals surface area (Å²) in [6.45, 7) is 1.39. The number of methoxy groups -OCH3 is 2. The molecule has 0 radical (unpaired) electrons. The van der Waals surface area contributed by atoms with E-state index in [2.05, 4.69) is 26.2 Å². The molecule has 2 N–H and O–H groups in total. The van der Waals surface area contributed by atoms with Gasteiger partial charge in [0.15, 0.2) is 5.82 Å². The van der Waals surface area contributed by atoms with Crippen molar-refractivity contribution in [2.45, 2.75) is 18.8 Å². The quantitative estimate of drug-likeness (QED) is 0.627. The number of ether oxygens (including phenoxy) is 2. The van der Waals surface area contributed by atoms with E-state index in [0.29, 0.717) is 36.2 Å². The van der Waals surface area contributed by atoms with E-state index < -0.39 is 0 Å². The van der Waals surface area contributed by atoms with E-state index in [1.54, 1.807) is 31.0 Å². The summed E-state index contributed by atoms with van der Waals surface area (Å²) in [4.78, 5) is 12.0. The van der Waals surface area contributed by atoms with Gasteiger partial charge in [-0.25, -0.2) is 0 Å². The molecule has 1 saturated carbocycles. The second kappa shape index (κ2) is 9.46. The first kappa shape index (κ1) is 20.1. The number of anilines is 1. The molecular weight excluding hydrogens is 360 g/mol. The Kier molecular flexibility index (Phi) is 7.31. The molecule has 1 heterocycles. The average molecular weight is 383 g/mol. The fourth-order valence-corrected chi connectivity index (χ4v) is 2.48. The summed E-state index contributed by atoms with van der Waals surface area (Å²) in [5, 5.41) is 17.8. The van der Waals surface area contributed by atoms with E-state index in [4.69, 9.17) is 9.47 Å². The number of halogens is 1. The van der Waals surface area contributed by atoms with E-state index in [1.807, 2.05) is 6.07 Å². The molecule has 142 valence electrons. The number of carbonyl (C=O) groups is 1. The Labute approximate surface area is 157 Å².